The van der Waals surface area contributed by atoms with Crippen molar-refractivity contribution in [1.82, 2.24) is 9.55 Å². The Hall–Kier alpha value is -1.51. The van der Waals surface area contributed by atoms with E-state index in [4.69, 9.17) is 23.2 Å². The van der Waals surface area contributed by atoms with Crippen LogP contribution in [0.15, 0.2) is 36.4 Å². The number of hydrogen-bond donors (Lipinski definition) is 0. The molecular weight excluding hydrogens is 303 g/mol. The van der Waals surface area contributed by atoms with E-state index in [1.807, 2.05) is 32.0 Å². The van der Waals surface area contributed by atoms with Gasteiger partial charge in [-0.05, 0) is 56.2 Å². The standard InChI is InChI=1S/C17H16Cl2N2/c1-10-4-6-13(19)15(8-10)21-16-9-11(2)5-7-14(16)20-17(21)12(3)18/h4-9,12H,1-3H3. The van der Waals surface area contributed by atoms with Crippen LogP contribution in [0.25, 0.3) is 16.7 Å². The second-order valence-corrected chi connectivity index (χ2v) is 6.43. The lowest BCUT2D eigenvalue weighted by Crippen LogP contribution is -2.03. The van der Waals surface area contributed by atoms with Crippen LogP contribution in [0.2, 0.25) is 5.02 Å². The van der Waals surface area contributed by atoms with Crippen LogP contribution in [0, 0.1) is 13.8 Å². The van der Waals surface area contributed by atoms with Crippen molar-refractivity contribution in [2.24, 2.45) is 0 Å². The minimum Gasteiger partial charge on any atom is -0.294 e. The molecule has 0 saturated heterocycles. The van der Waals surface area contributed by atoms with E-state index in [2.05, 4.69) is 34.7 Å². The minimum atomic E-state index is -0.200. The van der Waals surface area contributed by atoms with E-state index in [0.717, 1.165) is 28.1 Å². The lowest BCUT2D eigenvalue weighted by atomic mass is 10.2. The highest BCUT2D eigenvalue weighted by Crippen LogP contribution is 2.32. The van der Waals surface area contributed by atoms with Gasteiger partial charge in [0.05, 0.1) is 27.1 Å². The quantitative estimate of drug-likeness (QED) is 0.563. The molecule has 21 heavy (non-hydrogen) atoms. The average molecular weight is 319 g/mol. The van der Waals surface area contributed by atoms with Crippen molar-refractivity contribution >= 4 is 34.2 Å². The molecule has 2 aromatic carbocycles. The molecule has 0 radical (unpaired) electrons. The molecule has 1 atom stereocenters. The van der Waals surface area contributed by atoms with Crippen molar-refractivity contribution in [2.75, 3.05) is 0 Å². The summed E-state index contributed by atoms with van der Waals surface area (Å²) in [6.45, 7) is 6.04. The summed E-state index contributed by atoms with van der Waals surface area (Å²) in [6.07, 6.45) is 0. The first-order chi connectivity index (χ1) is 9.97. The maximum Gasteiger partial charge on any atom is 0.132 e. The fourth-order valence-electron chi connectivity index (χ4n) is 2.52. The Morgan fingerprint density at radius 2 is 1.71 bits per heavy atom. The molecule has 108 valence electrons. The lowest BCUT2D eigenvalue weighted by molar-refractivity contribution is 0.882. The van der Waals surface area contributed by atoms with Crippen molar-refractivity contribution in [3.63, 3.8) is 0 Å². The van der Waals surface area contributed by atoms with Crippen molar-refractivity contribution in [3.05, 3.63) is 58.4 Å². The Labute approximate surface area is 134 Å². The molecular formula is C17H16Cl2N2. The van der Waals surface area contributed by atoms with Crippen LogP contribution in [-0.4, -0.2) is 9.55 Å². The third kappa shape index (κ3) is 2.54. The number of rotatable bonds is 2. The molecule has 3 rings (SSSR count). The van der Waals surface area contributed by atoms with E-state index < -0.39 is 0 Å². The third-order valence-corrected chi connectivity index (χ3v) is 4.05. The van der Waals surface area contributed by atoms with E-state index in [9.17, 15) is 0 Å². The molecule has 2 nitrogen and oxygen atoms in total. The number of imidazole rings is 1. The molecule has 0 amide bonds. The minimum absolute atomic E-state index is 0.200. The first-order valence-corrected chi connectivity index (χ1v) is 7.68. The summed E-state index contributed by atoms with van der Waals surface area (Å²) < 4.78 is 2.06. The number of fused-ring (bicyclic) bond motifs is 1. The van der Waals surface area contributed by atoms with Gasteiger partial charge in [0.15, 0.2) is 0 Å². The first-order valence-electron chi connectivity index (χ1n) is 6.87. The van der Waals surface area contributed by atoms with Gasteiger partial charge in [-0.3, -0.25) is 4.57 Å². The number of alkyl halides is 1. The average Bonchev–Trinajstić information content (AvgIpc) is 2.80. The van der Waals surface area contributed by atoms with Gasteiger partial charge in [0.2, 0.25) is 0 Å². The zero-order chi connectivity index (χ0) is 15.1. The van der Waals surface area contributed by atoms with Crippen LogP contribution in [0.1, 0.15) is 29.3 Å². The molecule has 0 fully saturated rings. The number of aromatic nitrogens is 2. The van der Waals surface area contributed by atoms with Crippen LogP contribution >= 0.6 is 23.2 Å². The second-order valence-electron chi connectivity index (χ2n) is 5.37. The molecule has 4 heteroatoms. The maximum atomic E-state index is 6.41. The zero-order valence-corrected chi connectivity index (χ0v) is 13.7. The summed E-state index contributed by atoms with van der Waals surface area (Å²) in [6, 6.07) is 12.2. The third-order valence-electron chi connectivity index (χ3n) is 3.53. The highest BCUT2D eigenvalue weighted by molar-refractivity contribution is 6.32. The molecule has 0 aliphatic carbocycles. The Morgan fingerprint density at radius 1 is 1.05 bits per heavy atom. The summed E-state index contributed by atoms with van der Waals surface area (Å²) >= 11 is 12.7. The van der Waals surface area contributed by atoms with Gasteiger partial charge >= 0.3 is 0 Å². The van der Waals surface area contributed by atoms with Gasteiger partial charge < -0.3 is 0 Å². The molecule has 0 aliphatic heterocycles. The van der Waals surface area contributed by atoms with Gasteiger partial charge in [0.1, 0.15) is 5.82 Å². The molecule has 0 saturated carbocycles. The summed E-state index contributed by atoms with van der Waals surface area (Å²) in [5, 5.41) is 0.495. The molecule has 1 aromatic heterocycles. The van der Waals surface area contributed by atoms with E-state index in [1.54, 1.807) is 0 Å². The van der Waals surface area contributed by atoms with Crippen molar-refractivity contribution < 1.29 is 0 Å². The van der Waals surface area contributed by atoms with Crippen LogP contribution in [0.5, 0.6) is 0 Å². The number of hydrogen-bond acceptors (Lipinski definition) is 1. The van der Waals surface area contributed by atoms with Crippen molar-refractivity contribution in [3.8, 4) is 5.69 Å². The molecule has 1 unspecified atom stereocenters. The van der Waals surface area contributed by atoms with Gasteiger partial charge in [0.25, 0.3) is 0 Å². The largest absolute Gasteiger partial charge is 0.294 e. The van der Waals surface area contributed by atoms with E-state index in [-0.39, 0.29) is 5.38 Å². The summed E-state index contributed by atoms with van der Waals surface area (Å²) in [7, 11) is 0. The van der Waals surface area contributed by atoms with Crippen molar-refractivity contribution in [1.29, 1.82) is 0 Å². The number of benzene rings is 2. The Balaban J connectivity index is 2.41. The lowest BCUT2D eigenvalue weighted by Gasteiger charge is -2.13. The fourth-order valence-corrected chi connectivity index (χ4v) is 2.87. The number of halogens is 2. The van der Waals surface area contributed by atoms with Crippen molar-refractivity contribution in [2.45, 2.75) is 26.1 Å². The van der Waals surface area contributed by atoms with Gasteiger partial charge in [-0.15, -0.1) is 11.6 Å². The Kier molecular flexibility index (Phi) is 3.68. The molecule has 0 aliphatic rings. The highest BCUT2D eigenvalue weighted by Gasteiger charge is 2.18. The van der Waals surface area contributed by atoms with Crippen LogP contribution < -0.4 is 0 Å². The van der Waals surface area contributed by atoms with Gasteiger partial charge in [-0.1, -0.05) is 23.7 Å². The molecule has 0 spiro atoms. The Morgan fingerprint density at radius 3 is 2.43 bits per heavy atom. The van der Waals surface area contributed by atoms with Crippen LogP contribution in [-0.2, 0) is 0 Å². The summed E-state index contributed by atoms with van der Waals surface area (Å²) in [4.78, 5) is 4.67. The van der Waals surface area contributed by atoms with E-state index >= 15 is 0 Å². The fraction of sp³-hybridized carbons (Fsp3) is 0.235. The van der Waals surface area contributed by atoms with E-state index in [1.165, 1.54) is 5.56 Å². The highest BCUT2D eigenvalue weighted by atomic mass is 35.5. The molecule has 3 aromatic rings. The predicted molar refractivity (Wildman–Crippen MR) is 89.8 cm³/mol. The predicted octanol–water partition coefficient (Wildman–Crippen LogP) is 5.60. The number of aryl methyl sites for hydroxylation is 2. The van der Waals surface area contributed by atoms with Crippen LogP contribution in [0.3, 0.4) is 0 Å². The van der Waals surface area contributed by atoms with Crippen LogP contribution in [0.4, 0.5) is 0 Å². The summed E-state index contributed by atoms with van der Waals surface area (Å²) in [5.41, 5.74) is 5.22. The van der Waals surface area contributed by atoms with Gasteiger partial charge in [-0.25, -0.2) is 4.98 Å². The smallest absolute Gasteiger partial charge is 0.132 e. The summed E-state index contributed by atoms with van der Waals surface area (Å²) in [5.74, 6) is 0.810. The molecule has 1 heterocycles. The molecule has 0 bridgehead atoms. The number of nitrogens with zero attached hydrogens (tertiary/aromatic N) is 2. The van der Waals surface area contributed by atoms with E-state index in [0.29, 0.717) is 5.02 Å². The topological polar surface area (TPSA) is 17.8 Å². The monoisotopic (exact) mass is 318 g/mol. The molecule has 0 N–H and O–H groups in total. The first kappa shape index (κ1) is 14.4. The normalized spacial score (nSPS) is 12.8. The zero-order valence-electron chi connectivity index (χ0n) is 12.2. The Bertz CT molecular complexity index is 819. The second kappa shape index (κ2) is 5.36. The van der Waals surface area contributed by atoms with Gasteiger partial charge in [0, 0.05) is 0 Å². The SMILES string of the molecule is Cc1ccc(Cl)c(-n2c(C(C)Cl)nc3ccc(C)cc32)c1. The maximum absolute atomic E-state index is 6.41. The van der Waals surface area contributed by atoms with Gasteiger partial charge in [-0.2, -0.15) is 0 Å².